The van der Waals surface area contributed by atoms with Crippen molar-refractivity contribution in [3.63, 3.8) is 0 Å². The third-order valence-electron chi connectivity index (χ3n) is 3.45. The molecule has 0 bridgehead atoms. The molecule has 2 rings (SSSR count). The fourth-order valence-corrected chi connectivity index (χ4v) is 1.79. The van der Waals surface area contributed by atoms with Crippen molar-refractivity contribution in [2.45, 2.75) is 27.3 Å². The lowest BCUT2D eigenvalue weighted by atomic mass is 9.98. The van der Waals surface area contributed by atoms with Crippen molar-refractivity contribution in [3.05, 3.63) is 18.2 Å². The van der Waals surface area contributed by atoms with E-state index in [1.165, 1.54) is 0 Å². The van der Waals surface area contributed by atoms with E-state index in [1.54, 1.807) is 16.8 Å². The van der Waals surface area contributed by atoms with Gasteiger partial charge in [0.05, 0.1) is 0 Å². The molecule has 19 heavy (non-hydrogen) atoms. The van der Waals surface area contributed by atoms with Crippen LogP contribution in [0.15, 0.2) is 18.2 Å². The van der Waals surface area contributed by atoms with Gasteiger partial charge in [0.15, 0.2) is 5.82 Å². The molecule has 0 amide bonds. The van der Waals surface area contributed by atoms with Crippen LogP contribution in [0.3, 0.4) is 0 Å². The van der Waals surface area contributed by atoms with Gasteiger partial charge >= 0.3 is 0 Å². The Morgan fingerprint density at radius 2 is 1.95 bits per heavy atom. The number of nitrogen functional groups attached to an aromatic ring is 2. The molecule has 1 heterocycles. The first-order chi connectivity index (χ1) is 8.99. The highest BCUT2D eigenvalue weighted by Crippen LogP contribution is 2.26. The number of hydrogen-bond donors (Lipinski definition) is 2. The van der Waals surface area contributed by atoms with E-state index >= 15 is 0 Å². The predicted octanol–water partition coefficient (Wildman–Crippen LogP) is 1.80. The fourth-order valence-electron chi connectivity index (χ4n) is 1.79. The average molecular weight is 260 g/mol. The summed E-state index contributed by atoms with van der Waals surface area (Å²) in [5.74, 6) is 1.74. The largest absolute Gasteiger partial charge is 0.399 e. The standard InChI is InChI=1S/C13H20N6/c1-8(2)9(3)7-19-13(16-17-18-19)11-5-4-10(14)6-12(11)15/h4-6,8-9H,7,14-15H2,1-3H3. The molecule has 1 aromatic carbocycles. The molecule has 0 spiro atoms. The SMILES string of the molecule is CC(C)C(C)Cn1nnnc1-c1ccc(N)cc1N. The molecule has 0 radical (unpaired) electrons. The summed E-state index contributed by atoms with van der Waals surface area (Å²) in [6.07, 6.45) is 0. The Kier molecular flexibility index (Phi) is 3.69. The molecule has 0 aliphatic heterocycles. The summed E-state index contributed by atoms with van der Waals surface area (Å²) in [5.41, 5.74) is 13.7. The van der Waals surface area contributed by atoms with Gasteiger partial charge in [-0.05, 0) is 40.5 Å². The van der Waals surface area contributed by atoms with Crippen molar-refractivity contribution < 1.29 is 0 Å². The van der Waals surface area contributed by atoms with Gasteiger partial charge in [0.1, 0.15) is 0 Å². The Morgan fingerprint density at radius 1 is 1.21 bits per heavy atom. The predicted molar refractivity (Wildman–Crippen MR) is 76.1 cm³/mol. The second kappa shape index (κ2) is 5.26. The molecule has 1 atom stereocenters. The highest BCUT2D eigenvalue weighted by atomic mass is 15.5. The molecule has 0 saturated carbocycles. The van der Waals surface area contributed by atoms with Crippen LogP contribution >= 0.6 is 0 Å². The highest BCUT2D eigenvalue weighted by molar-refractivity contribution is 5.74. The number of nitrogens with zero attached hydrogens (tertiary/aromatic N) is 4. The van der Waals surface area contributed by atoms with Gasteiger partial charge < -0.3 is 11.5 Å². The van der Waals surface area contributed by atoms with E-state index in [0.717, 1.165) is 12.1 Å². The first kappa shape index (κ1) is 13.3. The molecule has 102 valence electrons. The first-order valence-electron chi connectivity index (χ1n) is 6.40. The van der Waals surface area contributed by atoms with E-state index in [0.29, 0.717) is 29.0 Å². The number of anilines is 2. The molecule has 6 nitrogen and oxygen atoms in total. The molecule has 4 N–H and O–H groups in total. The monoisotopic (exact) mass is 260 g/mol. The summed E-state index contributed by atoms with van der Waals surface area (Å²) in [4.78, 5) is 0. The van der Waals surface area contributed by atoms with Crippen LogP contribution in [0.5, 0.6) is 0 Å². The van der Waals surface area contributed by atoms with Crippen LogP contribution in [0.25, 0.3) is 11.4 Å². The molecule has 1 aromatic heterocycles. The molecule has 0 aliphatic rings. The van der Waals surface area contributed by atoms with Crippen LogP contribution in [0, 0.1) is 11.8 Å². The minimum absolute atomic E-state index is 0.484. The van der Waals surface area contributed by atoms with Crippen LogP contribution in [0.2, 0.25) is 0 Å². The maximum Gasteiger partial charge on any atom is 0.184 e. The van der Waals surface area contributed by atoms with Crippen molar-refractivity contribution >= 4 is 11.4 Å². The summed E-state index contributed by atoms with van der Waals surface area (Å²) in [7, 11) is 0. The van der Waals surface area contributed by atoms with Crippen LogP contribution in [0.1, 0.15) is 20.8 Å². The third-order valence-corrected chi connectivity index (χ3v) is 3.45. The van der Waals surface area contributed by atoms with Gasteiger partial charge in [-0.25, -0.2) is 4.68 Å². The summed E-state index contributed by atoms with van der Waals surface area (Å²) < 4.78 is 1.80. The maximum absolute atomic E-state index is 5.98. The van der Waals surface area contributed by atoms with Gasteiger partial charge in [-0.2, -0.15) is 0 Å². The Morgan fingerprint density at radius 3 is 2.58 bits per heavy atom. The molecule has 0 aliphatic carbocycles. The highest BCUT2D eigenvalue weighted by Gasteiger charge is 2.15. The normalized spacial score (nSPS) is 12.8. The quantitative estimate of drug-likeness (QED) is 0.817. The van der Waals surface area contributed by atoms with Crippen LogP contribution in [0.4, 0.5) is 11.4 Å². The van der Waals surface area contributed by atoms with Crippen LogP contribution in [-0.4, -0.2) is 20.2 Å². The lowest BCUT2D eigenvalue weighted by Crippen LogP contribution is -2.15. The molecule has 0 fully saturated rings. The number of benzene rings is 1. The lowest BCUT2D eigenvalue weighted by molar-refractivity contribution is 0.347. The van der Waals surface area contributed by atoms with Gasteiger partial charge in [0, 0.05) is 23.5 Å². The second-order valence-electron chi connectivity index (χ2n) is 5.25. The zero-order valence-corrected chi connectivity index (χ0v) is 11.5. The van der Waals surface area contributed by atoms with Gasteiger partial charge in [-0.1, -0.05) is 20.8 Å². The number of aromatic nitrogens is 4. The van der Waals surface area contributed by atoms with Crippen LogP contribution in [-0.2, 0) is 6.54 Å². The molecular formula is C13H20N6. The molecule has 6 heteroatoms. The van der Waals surface area contributed by atoms with E-state index in [4.69, 9.17) is 11.5 Å². The zero-order chi connectivity index (χ0) is 14.0. The number of tetrazole rings is 1. The molecular weight excluding hydrogens is 240 g/mol. The minimum atomic E-state index is 0.484. The van der Waals surface area contributed by atoms with Gasteiger partial charge in [0.2, 0.25) is 0 Å². The van der Waals surface area contributed by atoms with Crippen molar-refractivity contribution in [3.8, 4) is 11.4 Å². The van der Waals surface area contributed by atoms with Gasteiger partial charge in [-0.3, -0.25) is 0 Å². The Hall–Kier alpha value is -2.11. The summed E-state index contributed by atoms with van der Waals surface area (Å²) >= 11 is 0. The topological polar surface area (TPSA) is 95.6 Å². The molecule has 0 saturated heterocycles. The number of nitrogens with two attached hydrogens (primary N) is 2. The molecule has 2 aromatic rings. The molecule has 1 unspecified atom stereocenters. The zero-order valence-electron chi connectivity index (χ0n) is 11.5. The van der Waals surface area contributed by atoms with E-state index in [1.807, 2.05) is 6.07 Å². The van der Waals surface area contributed by atoms with E-state index in [2.05, 4.69) is 36.3 Å². The van der Waals surface area contributed by atoms with Gasteiger partial charge in [0.25, 0.3) is 0 Å². The summed E-state index contributed by atoms with van der Waals surface area (Å²) in [5, 5.41) is 11.9. The summed E-state index contributed by atoms with van der Waals surface area (Å²) in [6, 6.07) is 5.38. The first-order valence-corrected chi connectivity index (χ1v) is 6.40. The smallest absolute Gasteiger partial charge is 0.184 e. The Bertz CT molecular complexity index is 560. The van der Waals surface area contributed by atoms with Crippen LogP contribution < -0.4 is 11.5 Å². The minimum Gasteiger partial charge on any atom is -0.399 e. The third kappa shape index (κ3) is 2.83. The Balaban J connectivity index is 2.33. The lowest BCUT2D eigenvalue weighted by Gasteiger charge is -2.16. The van der Waals surface area contributed by atoms with Gasteiger partial charge in [-0.15, -0.1) is 5.10 Å². The fraction of sp³-hybridized carbons (Fsp3) is 0.462. The average Bonchev–Trinajstić information content (AvgIpc) is 2.77. The maximum atomic E-state index is 5.98. The number of rotatable bonds is 4. The second-order valence-corrected chi connectivity index (χ2v) is 5.25. The van der Waals surface area contributed by atoms with E-state index in [-0.39, 0.29) is 0 Å². The summed E-state index contributed by atoms with van der Waals surface area (Å²) in [6.45, 7) is 7.32. The van der Waals surface area contributed by atoms with Crippen molar-refractivity contribution in [2.24, 2.45) is 11.8 Å². The number of hydrogen-bond acceptors (Lipinski definition) is 5. The van der Waals surface area contributed by atoms with E-state index < -0.39 is 0 Å². The van der Waals surface area contributed by atoms with Crippen molar-refractivity contribution in [2.75, 3.05) is 11.5 Å². The van der Waals surface area contributed by atoms with Crippen molar-refractivity contribution in [1.29, 1.82) is 0 Å². The van der Waals surface area contributed by atoms with Crippen molar-refractivity contribution in [1.82, 2.24) is 20.2 Å². The Labute approximate surface area is 112 Å². The van der Waals surface area contributed by atoms with E-state index in [9.17, 15) is 0 Å².